The van der Waals surface area contributed by atoms with E-state index in [1.54, 1.807) is 12.3 Å². The van der Waals surface area contributed by atoms with Crippen LogP contribution in [0.15, 0.2) is 17.1 Å². The van der Waals surface area contributed by atoms with E-state index in [2.05, 4.69) is 11.9 Å². The molecule has 1 saturated heterocycles. The van der Waals surface area contributed by atoms with Crippen molar-refractivity contribution in [3.8, 4) is 11.5 Å². The summed E-state index contributed by atoms with van der Waals surface area (Å²) < 4.78 is 5.06. The molecule has 1 aromatic rings. The monoisotopic (exact) mass is 260 g/mol. The van der Waals surface area contributed by atoms with E-state index in [9.17, 15) is 9.90 Å². The first-order valence-corrected chi connectivity index (χ1v) is 6.36. The topological polar surface area (TPSA) is 62.1 Å². The fraction of sp³-hybridized carbons (Fsp3) is 0.429. The van der Waals surface area contributed by atoms with Gasteiger partial charge in [-0.05, 0) is 18.4 Å². The molecule has 0 aromatic heterocycles. The number of ether oxygens (including phenoxy) is 1. The molecule has 5 heteroatoms. The van der Waals surface area contributed by atoms with Gasteiger partial charge in [0.05, 0.1) is 24.4 Å². The third kappa shape index (κ3) is 1.85. The van der Waals surface area contributed by atoms with Gasteiger partial charge in [0.25, 0.3) is 5.91 Å². The molecule has 0 spiro atoms. The van der Waals surface area contributed by atoms with E-state index in [0.29, 0.717) is 22.9 Å². The van der Waals surface area contributed by atoms with E-state index < -0.39 is 0 Å². The molecule has 0 bridgehead atoms. The van der Waals surface area contributed by atoms with Crippen LogP contribution >= 0.6 is 0 Å². The predicted molar refractivity (Wildman–Crippen MR) is 71.4 cm³/mol. The number of rotatable bonds is 1. The van der Waals surface area contributed by atoms with E-state index in [1.807, 2.05) is 4.90 Å². The van der Waals surface area contributed by atoms with E-state index in [0.717, 1.165) is 13.0 Å². The van der Waals surface area contributed by atoms with Gasteiger partial charge in [0.1, 0.15) is 0 Å². The van der Waals surface area contributed by atoms with Crippen molar-refractivity contribution in [1.29, 1.82) is 0 Å². The number of fused-ring (bicyclic) bond motifs is 2. The molecule has 0 aliphatic carbocycles. The van der Waals surface area contributed by atoms with Crippen LogP contribution in [-0.2, 0) is 0 Å². The Labute approximate surface area is 111 Å². The molecule has 1 aromatic carbocycles. The molecule has 1 N–H and O–H groups in total. The molecule has 2 heterocycles. The second kappa shape index (κ2) is 4.26. The fourth-order valence-electron chi connectivity index (χ4n) is 2.78. The first-order chi connectivity index (χ1) is 9.10. The molecule has 2 aliphatic rings. The third-order valence-electron chi connectivity index (χ3n) is 3.73. The minimum Gasteiger partial charge on any atom is -0.504 e. The fourth-order valence-corrected chi connectivity index (χ4v) is 2.78. The van der Waals surface area contributed by atoms with Crippen LogP contribution in [0.2, 0.25) is 0 Å². The number of hydrogen-bond donors (Lipinski definition) is 1. The SMILES string of the molecule is COc1cc2c(cc1O)N=C[C@H]1CC(C)CN1C2=O. The predicted octanol–water partition coefficient (Wildman–Crippen LogP) is 1.97. The van der Waals surface area contributed by atoms with Gasteiger partial charge in [0.2, 0.25) is 0 Å². The average molecular weight is 260 g/mol. The summed E-state index contributed by atoms with van der Waals surface area (Å²) in [5.74, 6) is 0.746. The first kappa shape index (κ1) is 12.0. The molecular weight excluding hydrogens is 244 g/mol. The Balaban J connectivity index is 2.09. The minimum absolute atomic E-state index is 0.00151. The molecule has 0 saturated carbocycles. The van der Waals surface area contributed by atoms with Crippen LogP contribution in [0.3, 0.4) is 0 Å². The maximum atomic E-state index is 12.6. The highest BCUT2D eigenvalue weighted by Gasteiger charge is 2.35. The van der Waals surface area contributed by atoms with Crippen molar-refractivity contribution in [1.82, 2.24) is 4.90 Å². The number of amides is 1. The Hall–Kier alpha value is -2.04. The third-order valence-corrected chi connectivity index (χ3v) is 3.73. The maximum Gasteiger partial charge on any atom is 0.256 e. The largest absolute Gasteiger partial charge is 0.504 e. The molecule has 2 atom stereocenters. The average Bonchev–Trinajstić information content (AvgIpc) is 2.71. The molecule has 5 nitrogen and oxygen atoms in total. The lowest BCUT2D eigenvalue weighted by atomic mass is 10.1. The highest BCUT2D eigenvalue weighted by Crippen LogP contribution is 2.37. The molecule has 1 unspecified atom stereocenters. The quantitative estimate of drug-likeness (QED) is 0.839. The maximum absolute atomic E-state index is 12.6. The summed E-state index contributed by atoms with van der Waals surface area (Å²) in [5, 5.41) is 9.77. The number of methoxy groups -OCH3 is 1. The van der Waals surface area contributed by atoms with Gasteiger partial charge in [0, 0.05) is 18.8 Å². The van der Waals surface area contributed by atoms with Crippen LogP contribution < -0.4 is 4.74 Å². The number of nitrogens with zero attached hydrogens (tertiary/aromatic N) is 2. The van der Waals surface area contributed by atoms with Crippen LogP contribution in [0.4, 0.5) is 5.69 Å². The summed E-state index contributed by atoms with van der Waals surface area (Å²) in [5.41, 5.74) is 0.993. The number of aromatic hydroxyl groups is 1. The molecule has 100 valence electrons. The van der Waals surface area contributed by atoms with Crippen LogP contribution in [0.25, 0.3) is 0 Å². The Bertz CT molecular complexity index is 568. The van der Waals surface area contributed by atoms with Gasteiger partial charge >= 0.3 is 0 Å². The Morgan fingerprint density at radius 2 is 2.26 bits per heavy atom. The van der Waals surface area contributed by atoms with Gasteiger partial charge < -0.3 is 14.7 Å². The number of carbonyl (C=O) groups is 1. The summed E-state index contributed by atoms with van der Waals surface area (Å²) in [6.07, 6.45) is 2.74. The standard InChI is InChI=1S/C14H16N2O3/c1-8-3-9-6-15-11-5-12(17)13(19-2)4-10(11)14(18)16(9)7-8/h4-6,8-9,17H,3,7H2,1-2H3/t8?,9-/m1/s1. The van der Waals surface area contributed by atoms with Gasteiger partial charge in [-0.1, -0.05) is 6.92 Å². The van der Waals surface area contributed by atoms with Crippen molar-refractivity contribution in [2.75, 3.05) is 13.7 Å². The lowest BCUT2D eigenvalue weighted by Gasteiger charge is -2.20. The number of carbonyl (C=O) groups excluding carboxylic acids is 1. The summed E-state index contributed by atoms with van der Waals surface area (Å²) in [4.78, 5) is 18.7. The number of aliphatic imine (C=N–C) groups is 1. The molecule has 1 fully saturated rings. The van der Waals surface area contributed by atoms with Crippen LogP contribution in [0.5, 0.6) is 11.5 Å². The van der Waals surface area contributed by atoms with Gasteiger partial charge in [-0.3, -0.25) is 9.79 Å². The van der Waals surface area contributed by atoms with Gasteiger partial charge in [-0.25, -0.2) is 0 Å². The number of hydrogen-bond acceptors (Lipinski definition) is 4. The van der Waals surface area contributed by atoms with E-state index in [4.69, 9.17) is 4.74 Å². The summed E-state index contributed by atoms with van der Waals surface area (Å²) >= 11 is 0. The Morgan fingerprint density at radius 1 is 1.47 bits per heavy atom. The number of benzene rings is 1. The van der Waals surface area contributed by atoms with Crippen molar-refractivity contribution < 1.29 is 14.6 Å². The van der Waals surface area contributed by atoms with Crippen LogP contribution in [-0.4, -0.2) is 41.8 Å². The summed E-state index contributed by atoms with van der Waals surface area (Å²) in [6, 6.07) is 3.10. The zero-order valence-corrected chi connectivity index (χ0v) is 11.0. The zero-order valence-electron chi connectivity index (χ0n) is 11.0. The Kier molecular flexibility index (Phi) is 2.69. The van der Waals surface area contributed by atoms with Crippen molar-refractivity contribution in [3.05, 3.63) is 17.7 Å². The lowest BCUT2D eigenvalue weighted by Crippen LogP contribution is -2.35. The van der Waals surface area contributed by atoms with Crippen molar-refractivity contribution in [3.63, 3.8) is 0 Å². The smallest absolute Gasteiger partial charge is 0.256 e. The van der Waals surface area contributed by atoms with Crippen LogP contribution in [0.1, 0.15) is 23.7 Å². The molecule has 2 aliphatic heterocycles. The van der Waals surface area contributed by atoms with E-state index in [-0.39, 0.29) is 17.7 Å². The molecule has 0 radical (unpaired) electrons. The normalized spacial score (nSPS) is 24.9. The van der Waals surface area contributed by atoms with Crippen molar-refractivity contribution >= 4 is 17.8 Å². The molecule has 1 amide bonds. The first-order valence-electron chi connectivity index (χ1n) is 6.36. The minimum atomic E-state index is -0.0415. The number of phenols is 1. The lowest BCUT2D eigenvalue weighted by molar-refractivity contribution is 0.0770. The molecule has 19 heavy (non-hydrogen) atoms. The second-order valence-electron chi connectivity index (χ2n) is 5.19. The van der Waals surface area contributed by atoms with Crippen molar-refractivity contribution in [2.45, 2.75) is 19.4 Å². The highest BCUT2D eigenvalue weighted by molar-refractivity contribution is 6.03. The number of phenolic OH excluding ortho intramolecular Hbond substituents is 1. The van der Waals surface area contributed by atoms with Gasteiger partial charge in [0.15, 0.2) is 11.5 Å². The highest BCUT2D eigenvalue weighted by atomic mass is 16.5. The Morgan fingerprint density at radius 3 is 3.00 bits per heavy atom. The summed E-state index contributed by atoms with van der Waals surface area (Å²) in [6.45, 7) is 2.88. The van der Waals surface area contributed by atoms with E-state index >= 15 is 0 Å². The molecule has 3 rings (SSSR count). The van der Waals surface area contributed by atoms with E-state index in [1.165, 1.54) is 13.2 Å². The summed E-state index contributed by atoms with van der Waals surface area (Å²) in [7, 11) is 1.46. The van der Waals surface area contributed by atoms with Gasteiger partial charge in [-0.2, -0.15) is 0 Å². The molecular formula is C14H16N2O3. The van der Waals surface area contributed by atoms with Crippen molar-refractivity contribution in [2.24, 2.45) is 10.9 Å². The second-order valence-corrected chi connectivity index (χ2v) is 5.19. The van der Waals surface area contributed by atoms with Gasteiger partial charge in [-0.15, -0.1) is 0 Å². The zero-order chi connectivity index (χ0) is 13.6. The van der Waals surface area contributed by atoms with Crippen LogP contribution in [0, 0.1) is 5.92 Å².